The van der Waals surface area contributed by atoms with Gasteiger partial charge < -0.3 is 21.2 Å². The molecule has 1 aliphatic heterocycles. The normalized spacial score (nSPS) is 22.0. The molecule has 0 saturated heterocycles. The van der Waals surface area contributed by atoms with Gasteiger partial charge >= 0.3 is 0 Å². The third-order valence-corrected chi connectivity index (χ3v) is 5.92. The molecule has 1 aromatic rings. The van der Waals surface area contributed by atoms with Crippen LogP contribution in [0.1, 0.15) is 25.3 Å². The van der Waals surface area contributed by atoms with E-state index in [0.717, 1.165) is 30.4 Å². The number of primary amides is 1. The molecule has 1 saturated carbocycles. The number of carbonyl (C=O) groups is 2. The van der Waals surface area contributed by atoms with Crippen LogP contribution in [0.3, 0.4) is 0 Å². The van der Waals surface area contributed by atoms with Gasteiger partial charge in [0, 0.05) is 12.2 Å². The monoisotopic (exact) mass is 366 g/mol. The topological polar surface area (TPSA) is 101 Å². The first-order chi connectivity index (χ1) is 11.4. The summed E-state index contributed by atoms with van der Waals surface area (Å²) in [5.74, 6) is -0.496. The summed E-state index contributed by atoms with van der Waals surface area (Å²) in [6.45, 7) is 2.13. The zero-order valence-electron chi connectivity index (χ0n) is 13.2. The quantitative estimate of drug-likeness (QED) is 0.662. The molecule has 2 aliphatic rings. The maximum absolute atomic E-state index is 11.8. The summed E-state index contributed by atoms with van der Waals surface area (Å²) in [7, 11) is 0. The van der Waals surface area contributed by atoms with E-state index in [1.807, 2.05) is 24.0 Å². The van der Waals surface area contributed by atoms with E-state index in [4.69, 9.17) is 23.1 Å². The van der Waals surface area contributed by atoms with E-state index in [2.05, 4.69) is 5.32 Å². The number of nitrogens with one attached hydrogen (secondary N) is 1. The average Bonchev–Trinajstić information content (AvgIpc) is 3.26. The third-order valence-electron chi connectivity index (χ3n) is 4.33. The molecule has 8 heteroatoms. The second-order valence-corrected chi connectivity index (χ2v) is 7.49. The van der Waals surface area contributed by atoms with Crippen molar-refractivity contribution in [1.82, 2.24) is 5.32 Å². The van der Waals surface area contributed by atoms with Crippen molar-refractivity contribution >= 4 is 41.2 Å². The van der Waals surface area contributed by atoms with Gasteiger partial charge in [0.2, 0.25) is 0 Å². The van der Waals surface area contributed by atoms with Gasteiger partial charge in [-0.3, -0.25) is 10.1 Å². The van der Waals surface area contributed by atoms with Crippen molar-refractivity contribution in [2.75, 3.05) is 4.90 Å². The zero-order chi connectivity index (χ0) is 17.5. The molecule has 1 heterocycles. The number of nitrogens with zero attached hydrogens (tertiary/aromatic N) is 1. The minimum atomic E-state index is -0.534. The first-order valence-electron chi connectivity index (χ1n) is 7.60. The number of anilines is 1. The number of rotatable bonds is 6. The molecule has 1 aliphatic carbocycles. The van der Waals surface area contributed by atoms with Crippen LogP contribution in [0.25, 0.3) is 0 Å². The van der Waals surface area contributed by atoms with E-state index in [0.29, 0.717) is 22.2 Å². The van der Waals surface area contributed by atoms with E-state index >= 15 is 0 Å². The molecule has 24 heavy (non-hydrogen) atoms. The molecule has 5 N–H and O–H groups in total. The number of amides is 1. The largest absolute Gasteiger partial charge is 0.365 e. The van der Waals surface area contributed by atoms with Crippen LogP contribution in [0.15, 0.2) is 28.8 Å². The lowest BCUT2D eigenvalue weighted by Gasteiger charge is -2.32. The number of thioether (sulfide) groups is 1. The van der Waals surface area contributed by atoms with Crippen molar-refractivity contribution in [3.63, 3.8) is 0 Å². The number of aldehydes is 1. The fraction of sp³-hybridized carbons (Fsp3) is 0.375. The number of para-hydroxylation sites is 1. The summed E-state index contributed by atoms with van der Waals surface area (Å²) in [6.07, 6.45) is 2.48. The summed E-state index contributed by atoms with van der Waals surface area (Å²) in [5, 5.41) is 3.86. The highest BCUT2D eigenvalue weighted by Gasteiger charge is 2.47. The van der Waals surface area contributed by atoms with E-state index in [9.17, 15) is 9.59 Å². The summed E-state index contributed by atoms with van der Waals surface area (Å²) < 4.78 is 0. The maximum atomic E-state index is 11.8. The van der Waals surface area contributed by atoms with Gasteiger partial charge in [-0.15, -0.1) is 0 Å². The Balaban J connectivity index is 2.06. The zero-order valence-corrected chi connectivity index (χ0v) is 14.8. The van der Waals surface area contributed by atoms with Crippen molar-refractivity contribution in [2.45, 2.75) is 37.3 Å². The number of benzene rings is 1. The van der Waals surface area contributed by atoms with Crippen molar-refractivity contribution in [1.29, 1.82) is 0 Å². The van der Waals surface area contributed by atoms with Crippen LogP contribution in [0.5, 0.6) is 0 Å². The molecule has 128 valence electrons. The molecular weight excluding hydrogens is 348 g/mol. The number of carbonyl (C=O) groups excluding carboxylic acids is 2. The minimum absolute atomic E-state index is 0.307. The van der Waals surface area contributed by atoms with Gasteiger partial charge in [-0.1, -0.05) is 35.5 Å². The van der Waals surface area contributed by atoms with Crippen LogP contribution < -0.4 is 21.7 Å². The van der Waals surface area contributed by atoms with Crippen LogP contribution >= 0.6 is 23.4 Å². The van der Waals surface area contributed by atoms with Gasteiger partial charge in [-0.2, -0.15) is 0 Å². The highest BCUT2D eigenvalue weighted by Crippen LogP contribution is 2.46. The predicted octanol–water partition coefficient (Wildman–Crippen LogP) is 1.67. The van der Waals surface area contributed by atoms with E-state index in [1.165, 1.54) is 11.8 Å². The van der Waals surface area contributed by atoms with Crippen LogP contribution in [0.2, 0.25) is 5.02 Å². The van der Waals surface area contributed by atoms with E-state index < -0.39 is 11.4 Å². The SMILES string of the molecule is CC1=C(C(N)=O)SC(NC2(C=O)CC2)N1c1c(Cl)cccc1CN. The number of halogens is 1. The number of hydrogen-bond acceptors (Lipinski definition) is 6. The lowest BCUT2D eigenvalue weighted by molar-refractivity contribution is -0.114. The molecule has 1 unspecified atom stereocenters. The molecule has 0 spiro atoms. The predicted molar refractivity (Wildman–Crippen MR) is 96.3 cm³/mol. The molecular formula is C16H19ClN4O2S. The second-order valence-electron chi connectivity index (χ2n) is 5.99. The molecule has 0 bridgehead atoms. The number of nitrogens with two attached hydrogens (primary N) is 2. The average molecular weight is 367 g/mol. The Morgan fingerprint density at radius 2 is 2.25 bits per heavy atom. The highest BCUT2D eigenvalue weighted by atomic mass is 35.5. The Morgan fingerprint density at radius 1 is 1.54 bits per heavy atom. The minimum Gasteiger partial charge on any atom is -0.365 e. The van der Waals surface area contributed by atoms with Gasteiger partial charge in [0.05, 0.1) is 21.2 Å². The van der Waals surface area contributed by atoms with Crippen LogP contribution in [-0.4, -0.2) is 23.2 Å². The molecule has 1 fully saturated rings. The van der Waals surface area contributed by atoms with Crippen molar-refractivity contribution in [2.24, 2.45) is 11.5 Å². The van der Waals surface area contributed by atoms with E-state index in [1.54, 1.807) is 6.07 Å². The fourth-order valence-corrected chi connectivity index (χ4v) is 4.38. The van der Waals surface area contributed by atoms with Crippen LogP contribution in [0, 0.1) is 0 Å². The maximum Gasteiger partial charge on any atom is 0.257 e. The van der Waals surface area contributed by atoms with Crippen molar-refractivity contribution in [3.05, 3.63) is 39.4 Å². The summed E-state index contributed by atoms with van der Waals surface area (Å²) in [5.41, 5.74) is 12.8. The Bertz CT molecular complexity index is 733. The first kappa shape index (κ1) is 17.3. The van der Waals surface area contributed by atoms with Crippen molar-refractivity contribution in [3.8, 4) is 0 Å². The molecule has 0 aromatic heterocycles. The summed E-state index contributed by atoms with van der Waals surface area (Å²) >= 11 is 7.73. The summed E-state index contributed by atoms with van der Waals surface area (Å²) in [6, 6.07) is 5.51. The Labute approximate surface area is 149 Å². The van der Waals surface area contributed by atoms with Gasteiger partial charge in [0.15, 0.2) is 0 Å². The smallest absolute Gasteiger partial charge is 0.257 e. The lowest BCUT2D eigenvalue weighted by Crippen LogP contribution is -2.47. The molecule has 6 nitrogen and oxygen atoms in total. The van der Waals surface area contributed by atoms with Crippen LogP contribution in [0.4, 0.5) is 5.69 Å². The standard InChI is InChI=1S/C16H19ClN4O2S/c1-9-13(14(19)23)24-15(20-16(8-22)5-6-16)21(9)12-10(7-18)3-2-4-11(12)17/h2-4,8,15,20H,5-7,18H2,1H3,(H2,19,23). The molecule has 1 aromatic carbocycles. The Hall–Kier alpha value is -1.54. The lowest BCUT2D eigenvalue weighted by atomic mass is 10.1. The molecule has 1 atom stereocenters. The molecule has 0 radical (unpaired) electrons. The molecule has 3 rings (SSSR count). The summed E-state index contributed by atoms with van der Waals surface area (Å²) in [4.78, 5) is 25.5. The second kappa shape index (κ2) is 6.40. The van der Waals surface area contributed by atoms with Gasteiger partial charge in [0.25, 0.3) is 5.91 Å². The Kier molecular flexibility index (Phi) is 4.61. The van der Waals surface area contributed by atoms with Crippen LogP contribution in [-0.2, 0) is 16.1 Å². The van der Waals surface area contributed by atoms with Gasteiger partial charge in [-0.05, 0) is 31.4 Å². The Morgan fingerprint density at radius 3 is 2.79 bits per heavy atom. The fourth-order valence-electron chi connectivity index (χ4n) is 2.82. The van der Waals surface area contributed by atoms with Gasteiger partial charge in [-0.25, -0.2) is 0 Å². The first-order valence-corrected chi connectivity index (χ1v) is 8.86. The van der Waals surface area contributed by atoms with Gasteiger partial charge in [0.1, 0.15) is 11.8 Å². The third kappa shape index (κ3) is 2.93. The number of allylic oxidation sites excluding steroid dienone is 1. The van der Waals surface area contributed by atoms with E-state index in [-0.39, 0.29) is 5.50 Å². The highest BCUT2D eigenvalue weighted by molar-refractivity contribution is 8.05. The molecule has 1 amide bonds. The van der Waals surface area contributed by atoms with Crippen molar-refractivity contribution < 1.29 is 9.59 Å². The number of hydrogen-bond donors (Lipinski definition) is 3.